The predicted octanol–water partition coefficient (Wildman–Crippen LogP) is 4.82. The van der Waals surface area contributed by atoms with Gasteiger partial charge in [-0.05, 0) is 100 Å². The first-order valence-electron chi connectivity index (χ1n) is 14.5. The zero-order chi connectivity index (χ0) is 33.4. The first-order valence-corrected chi connectivity index (χ1v) is 17.8. The van der Waals surface area contributed by atoms with Gasteiger partial charge in [-0.15, -0.1) is 0 Å². The van der Waals surface area contributed by atoms with E-state index in [-0.39, 0.29) is 43.3 Å². The molecule has 0 saturated carbocycles. The Morgan fingerprint density at radius 2 is 1.76 bits per heavy atom. The molecule has 3 aromatic rings. The molecule has 1 atom stereocenters. The first kappa shape index (κ1) is 36.6. The minimum Gasteiger partial charge on any atom is -0.355 e. The van der Waals surface area contributed by atoms with Crippen LogP contribution in [0, 0.1) is 13.8 Å². The van der Waals surface area contributed by atoms with Crippen molar-refractivity contribution in [3.8, 4) is 11.1 Å². The van der Waals surface area contributed by atoms with Crippen LogP contribution in [-0.2, 0) is 29.9 Å². The van der Waals surface area contributed by atoms with Gasteiger partial charge in [0.25, 0.3) is 10.2 Å². The van der Waals surface area contributed by atoms with Crippen molar-refractivity contribution in [2.45, 2.75) is 70.9 Å². The molecule has 1 amide bonds. The highest BCUT2D eigenvalue weighted by atomic mass is 35.5. The molecule has 14 heteroatoms. The highest BCUT2D eigenvalue weighted by Crippen LogP contribution is 2.33. The number of aromatic nitrogens is 1. The molecule has 0 saturated heterocycles. The smallest absolute Gasteiger partial charge is 0.299 e. The zero-order valence-corrected chi connectivity index (χ0v) is 28.8. The lowest BCUT2D eigenvalue weighted by molar-refractivity contribution is -0.121. The Morgan fingerprint density at radius 3 is 2.44 bits per heavy atom. The van der Waals surface area contributed by atoms with Crippen LogP contribution in [0.15, 0.2) is 65.8 Å². The van der Waals surface area contributed by atoms with Crippen molar-refractivity contribution in [1.82, 2.24) is 24.2 Å². The topological polar surface area (TPSA) is 147 Å². The largest absolute Gasteiger partial charge is 0.355 e. The van der Waals surface area contributed by atoms with Crippen LogP contribution >= 0.6 is 11.6 Å². The lowest BCUT2D eigenvalue weighted by atomic mass is 9.98. The number of rotatable bonds is 15. The highest BCUT2D eigenvalue weighted by Gasteiger charge is 2.31. The molecule has 0 aliphatic rings. The van der Waals surface area contributed by atoms with Crippen molar-refractivity contribution in [3.63, 3.8) is 0 Å². The maximum absolute atomic E-state index is 14.1. The number of hydrogen-bond acceptors (Lipinski definition) is 7. The molecule has 3 rings (SSSR count). The normalized spacial score (nSPS) is 13.2. The van der Waals surface area contributed by atoms with Gasteiger partial charge in [-0.2, -0.15) is 17.4 Å². The Bertz CT molecular complexity index is 1690. The van der Waals surface area contributed by atoms with Crippen molar-refractivity contribution in [1.29, 1.82) is 0 Å². The molecule has 246 valence electrons. The summed E-state index contributed by atoms with van der Waals surface area (Å²) in [6.45, 7) is 10.6. The first-order chi connectivity index (χ1) is 21.0. The van der Waals surface area contributed by atoms with Crippen molar-refractivity contribution in [2.24, 2.45) is 0 Å². The van der Waals surface area contributed by atoms with E-state index < -0.39 is 31.9 Å². The number of hydrogen-bond donors (Lipinski definition) is 3. The fourth-order valence-corrected chi connectivity index (χ4v) is 7.45. The lowest BCUT2D eigenvalue weighted by Crippen LogP contribution is -2.43. The standard InChI is InChI=1S/C31H42ClN5O6S2/c1-22-21-33-16-15-27(22)26-11-7-10-25(20-26)24(3)37(44(39,40)29-13-8-12-28(32)23(29)2)19-9-14-30(38)34-17-18-35-45(41,42)36-43-31(4,5)6/h7-8,10-13,15-16,20-21,24,35-36H,9,14,17-19H2,1-6H3,(H,34,38)/t24-/m0/s1. The summed E-state index contributed by atoms with van der Waals surface area (Å²) in [5, 5.41) is 3.00. The Morgan fingerprint density at radius 1 is 1.04 bits per heavy atom. The minimum absolute atomic E-state index is 0.0294. The van der Waals surface area contributed by atoms with Crippen molar-refractivity contribution < 1.29 is 26.5 Å². The Labute approximate surface area is 271 Å². The number of nitrogens with one attached hydrogen (secondary N) is 3. The summed E-state index contributed by atoms with van der Waals surface area (Å²) in [6, 6.07) is 13.8. The summed E-state index contributed by atoms with van der Waals surface area (Å²) in [6.07, 6.45) is 3.75. The second-order valence-corrected chi connectivity index (χ2v) is 15.3. The number of benzene rings is 2. The van der Waals surface area contributed by atoms with Crippen molar-refractivity contribution in [2.75, 3.05) is 19.6 Å². The van der Waals surface area contributed by atoms with Gasteiger partial charge in [0.05, 0.1) is 10.5 Å². The molecule has 0 bridgehead atoms. The Balaban J connectivity index is 1.73. The van der Waals surface area contributed by atoms with E-state index in [1.165, 1.54) is 10.4 Å². The summed E-state index contributed by atoms with van der Waals surface area (Å²) in [5.41, 5.74) is 3.44. The molecule has 2 aromatic carbocycles. The van der Waals surface area contributed by atoms with Crippen LogP contribution in [0.25, 0.3) is 11.1 Å². The monoisotopic (exact) mass is 679 g/mol. The number of nitrogens with zero attached hydrogens (tertiary/aromatic N) is 2. The third-order valence-corrected chi connectivity index (χ3v) is 10.3. The molecule has 0 radical (unpaired) electrons. The fraction of sp³-hybridized carbons (Fsp3) is 0.419. The lowest BCUT2D eigenvalue weighted by Gasteiger charge is -2.30. The molecule has 1 aromatic heterocycles. The van der Waals surface area contributed by atoms with Gasteiger partial charge in [0, 0.05) is 49.5 Å². The molecule has 1 heterocycles. The fourth-order valence-electron chi connectivity index (χ4n) is 4.53. The summed E-state index contributed by atoms with van der Waals surface area (Å²) >= 11 is 6.30. The highest BCUT2D eigenvalue weighted by molar-refractivity contribution is 7.89. The molecule has 0 spiro atoms. The van der Waals surface area contributed by atoms with Crippen LogP contribution < -0.4 is 14.9 Å². The quantitative estimate of drug-likeness (QED) is 0.154. The maximum atomic E-state index is 14.1. The number of aryl methyl sites for hydroxylation is 1. The third kappa shape index (κ3) is 10.6. The second kappa shape index (κ2) is 15.6. The van der Waals surface area contributed by atoms with Crippen molar-refractivity contribution in [3.05, 3.63) is 82.6 Å². The Hall–Kier alpha value is -2.91. The average Bonchev–Trinajstić information content (AvgIpc) is 2.97. The number of amides is 1. The van der Waals surface area contributed by atoms with Gasteiger partial charge in [0.2, 0.25) is 15.9 Å². The molecule has 11 nitrogen and oxygen atoms in total. The molecule has 0 fully saturated rings. The molecule has 0 aliphatic heterocycles. The van der Waals surface area contributed by atoms with E-state index in [4.69, 9.17) is 16.4 Å². The van der Waals surface area contributed by atoms with Gasteiger partial charge in [0.1, 0.15) is 0 Å². The number of sulfonamides is 1. The van der Waals surface area contributed by atoms with Gasteiger partial charge in [-0.1, -0.05) is 40.8 Å². The summed E-state index contributed by atoms with van der Waals surface area (Å²) in [5.74, 6) is -0.341. The van der Waals surface area contributed by atoms with Gasteiger partial charge in [-0.25, -0.2) is 8.42 Å². The summed E-state index contributed by atoms with van der Waals surface area (Å²) in [4.78, 5) is 23.9. The third-order valence-electron chi connectivity index (χ3n) is 6.92. The van der Waals surface area contributed by atoms with Crippen LogP contribution in [-0.4, -0.2) is 57.3 Å². The van der Waals surface area contributed by atoms with Crippen LogP contribution in [0.5, 0.6) is 0 Å². The van der Waals surface area contributed by atoms with Gasteiger partial charge >= 0.3 is 0 Å². The van der Waals surface area contributed by atoms with E-state index in [0.29, 0.717) is 10.6 Å². The van der Waals surface area contributed by atoms with Crippen molar-refractivity contribution >= 4 is 37.7 Å². The van der Waals surface area contributed by atoms with E-state index in [2.05, 4.69) is 15.0 Å². The van der Waals surface area contributed by atoms with Crippen LogP contribution in [0.1, 0.15) is 63.3 Å². The number of halogens is 1. The van der Waals surface area contributed by atoms with E-state index in [9.17, 15) is 21.6 Å². The van der Waals surface area contributed by atoms with Gasteiger partial charge in [-0.3, -0.25) is 14.6 Å². The minimum atomic E-state index is -4.03. The maximum Gasteiger partial charge on any atom is 0.299 e. The second-order valence-electron chi connectivity index (χ2n) is 11.6. The number of carbonyl (C=O) groups excluding carboxylic acids is 1. The molecule has 3 N–H and O–H groups in total. The van der Waals surface area contributed by atoms with Crippen LogP contribution in [0.3, 0.4) is 0 Å². The molecular weight excluding hydrogens is 638 g/mol. The van der Waals surface area contributed by atoms with E-state index in [1.807, 2.05) is 49.1 Å². The predicted molar refractivity (Wildman–Crippen MR) is 176 cm³/mol. The van der Waals surface area contributed by atoms with Gasteiger partial charge in [0.15, 0.2) is 0 Å². The molecule has 0 unspecified atom stereocenters. The average molecular weight is 680 g/mol. The SMILES string of the molecule is Cc1cnccc1-c1cccc([C@H](C)N(CCCC(=O)NCCNS(=O)(=O)NOC(C)(C)C)S(=O)(=O)c2cccc(Cl)c2C)c1. The van der Waals surface area contributed by atoms with Crippen LogP contribution in [0.2, 0.25) is 5.02 Å². The van der Waals surface area contributed by atoms with E-state index in [1.54, 1.807) is 52.2 Å². The number of pyridine rings is 1. The molecule has 45 heavy (non-hydrogen) atoms. The Kier molecular flexibility index (Phi) is 12.7. The molecule has 0 aliphatic carbocycles. The summed E-state index contributed by atoms with van der Waals surface area (Å²) < 4.78 is 55.9. The molecular formula is C31H42ClN5O6S2. The zero-order valence-electron chi connectivity index (χ0n) is 26.4. The van der Waals surface area contributed by atoms with Gasteiger partial charge < -0.3 is 5.32 Å². The number of carbonyl (C=O) groups is 1. The van der Waals surface area contributed by atoms with E-state index >= 15 is 0 Å². The van der Waals surface area contributed by atoms with E-state index in [0.717, 1.165) is 22.3 Å². The van der Waals surface area contributed by atoms with Crippen LogP contribution in [0.4, 0.5) is 0 Å². The summed E-state index contributed by atoms with van der Waals surface area (Å²) in [7, 11) is -7.94.